The molecule has 0 atom stereocenters. The Bertz CT molecular complexity index is 417. The third-order valence-corrected chi connectivity index (χ3v) is 3.23. The van der Waals surface area contributed by atoms with Crippen molar-refractivity contribution in [3.8, 4) is 0 Å². The van der Waals surface area contributed by atoms with E-state index in [1.165, 1.54) is 0 Å². The van der Waals surface area contributed by atoms with E-state index in [1.54, 1.807) is 0 Å². The van der Waals surface area contributed by atoms with Crippen molar-refractivity contribution in [2.45, 2.75) is 30.4 Å². The summed E-state index contributed by atoms with van der Waals surface area (Å²) in [6.07, 6.45) is -2.13. The fourth-order valence-corrected chi connectivity index (χ4v) is 2.21. The van der Waals surface area contributed by atoms with Gasteiger partial charge in [0.15, 0.2) is 0 Å². The molecule has 0 unspecified atom stereocenters. The van der Waals surface area contributed by atoms with Gasteiger partial charge >= 0.3 is 6.18 Å². The van der Waals surface area contributed by atoms with E-state index in [-0.39, 0.29) is 22.3 Å². The van der Waals surface area contributed by atoms with Crippen LogP contribution in [-0.4, -0.2) is 16.4 Å². The van der Waals surface area contributed by atoms with E-state index in [0.29, 0.717) is 0 Å². The van der Waals surface area contributed by atoms with Crippen LogP contribution in [-0.2, 0) is 6.18 Å². The molecule has 1 heterocycles. The van der Waals surface area contributed by atoms with E-state index < -0.39 is 11.7 Å². The van der Waals surface area contributed by atoms with E-state index in [9.17, 15) is 13.2 Å². The minimum absolute atomic E-state index is 0.0298. The lowest BCUT2D eigenvalue weighted by molar-refractivity contribution is -0.137. The van der Waals surface area contributed by atoms with Crippen LogP contribution in [0.25, 0.3) is 0 Å². The van der Waals surface area contributed by atoms with Crippen LogP contribution in [0.5, 0.6) is 0 Å². The second kappa shape index (κ2) is 4.53. The van der Waals surface area contributed by atoms with E-state index in [0.717, 1.165) is 25.1 Å². The lowest BCUT2D eigenvalue weighted by atomic mass is 9.92. The molecule has 1 saturated carbocycles. The minimum atomic E-state index is -4.42. The second-order valence-corrected chi connectivity index (χ2v) is 4.99. The Balaban J connectivity index is 2.09. The van der Waals surface area contributed by atoms with E-state index in [1.807, 2.05) is 0 Å². The van der Waals surface area contributed by atoms with Gasteiger partial charge in [-0.1, -0.05) is 11.6 Å². The topological polar surface area (TPSA) is 24.9 Å². The first-order valence-corrected chi connectivity index (χ1v) is 5.81. The molecule has 0 saturated heterocycles. The van der Waals surface area contributed by atoms with Crippen LogP contribution in [0.2, 0.25) is 5.02 Å². The summed E-state index contributed by atoms with van der Waals surface area (Å²) in [6, 6.07) is 1.01. The number of nitrogens with zero attached hydrogens (tertiary/aromatic N) is 1. The van der Waals surface area contributed by atoms with Gasteiger partial charge in [0, 0.05) is 17.6 Å². The van der Waals surface area contributed by atoms with Gasteiger partial charge in [0.05, 0.1) is 10.6 Å². The number of nitrogens with one attached hydrogen (secondary N) is 1. The van der Waals surface area contributed by atoms with Crippen LogP contribution in [0.15, 0.2) is 12.3 Å². The van der Waals surface area contributed by atoms with Crippen LogP contribution in [0.4, 0.5) is 19.0 Å². The second-order valence-electron chi connectivity index (χ2n) is 3.96. The van der Waals surface area contributed by atoms with Crippen molar-refractivity contribution in [2.75, 3.05) is 5.32 Å². The summed E-state index contributed by atoms with van der Waals surface area (Å²) in [5.74, 6) is 0.272. The van der Waals surface area contributed by atoms with Crippen molar-refractivity contribution in [2.24, 2.45) is 0 Å². The molecule has 2 nitrogen and oxygen atoms in total. The average molecular weight is 285 g/mol. The highest BCUT2D eigenvalue weighted by Gasteiger charge is 2.32. The fourth-order valence-electron chi connectivity index (χ4n) is 1.56. The number of hydrogen-bond acceptors (Lipinski definition) is 2. The van der Waals surface area contributed by atoms with Gasteiger partial charge in [0.2, 0.25) is 0 Å². The Kier molecular flexibility index (Phi) is 3.41. The Morgan fingerprint density at radius 1 is 1.35 bits per heavy atom. The van der Waals surface area contributed by atoms with Crippen molar-refractivity contribution in [1.82, 2.24) is 4.98 Å². The number of anilines is 1. The summed E-state index contributed by atoms with van der Waals surface area (Å²) in [5.41, 5.74) is -0.850. The Morgan fingerprint density at radius 3 is 2.47 bits per heavy atom. The van der Waals surface area contributed by atoms with Gasteiger partial charge in [-0.25, -0.2) is 4.98 Å². The molecule has 0 amide bonds. The van der Waals surface area contributed by atoms with Gasteiger partial charge in [-0.2, -0.15) is 13.2 Å². The van der Waals surface area contributed by atoms with Crippen molar-refractivity contribution >= 4 is 29.0 Å². The standard InChI is InChI=1S/C10H9Cl2F3N2/c11-6-2-7(3-6)17-9-8(12)1-5(4-16-9)10(13,14)15/h1,4,6-7H,2-3H2,(H,16,17). The van der Waals surface area contributed by atoms with Gasteiger partial charge in [0.25, 0.3) is 0 Å². The number of halogens is 5. The highest BCUT2D eigenvalue weighted by atomic mass is 35.5. The molecular formula is C10H9Cl2F3N2. The number of pyridine rings is 1. The first-order chi connectivity index (χ1) is 7.86. The smallest absolute Gasteiger partial charge is 0.366 e. The third-order valence-electron chi connectivity index (χ3n) is 2.59. The number of alkyl halides is 4. The molecule has 1 aromatic rings. The van der Waals surface area contributed by atoms with Gasteiger partial charge in [0.1, 0.15) is 5.82 Å². The molecule has 0 bridgehead atoms. The van der Waals surface area contributed by atoms with Crippen LogP contribution < -0.4 is 5.32 Å². The maximum atomic E-state index is 12.4. The normalized spacial score (nSPS) is 24.3. The molecule has 1 aliphatic rings. The number of hydrogen-bond donors (Lipinski definition) is 1. The summed E-state index contributed by atoms with van der Waals surface area (Å²) in [5, 5.41) is 3.06. The summed E-state index contributed by atoms with van der Waals surface area (Å²) in [7, 11) is 0. The van der Waals surface area contributed by atoms with E-state index >= 15 is 0 Å². The van der Waals surface area contributed by atoms with Crippen LogP contribution >= 0.6 is 23.2 Å². The molecule has 0 aliphatic heterocycles. The highest BCUT2D eigenvalue weighted by molar-refractivity contribution is 6.33. The van der Waals surface area contributed by atoms with Crippen LogP contribution in [0.1, 0.15) is 18.4 Å². The van der Waals surface area contributed by atoms with E-state index in [4.69, 9.17) is 23.2 Å². The zero-order valence-corrected chi connectivity index (χ0v) is 10.1. The lowest BCUT2D eigenvalue weighted by Gasteiger charge is -2.32. The molecule has 1 aromatic heterocycles. The molecule has 94 valence electrons. The maximum Gasteiger partial charge on any atom is 0.417 e. The van der Waals surface area contributed by atoms with Crippen molar-refractivity contribution in [3.63, 3.8) is 0 Å². The summed E-state index contributed by atoms with van der Waals surface area (Å²) < 4.78 is 37.1. The van der Waals surface area contributed by atoms with Crippen molar-refractivity contribution in [3.05, 3.63) is 22.8 Å². The predicted octanol–water partition coefficient (Wildman–Crippen LogP) is 3.94. The largest absolute Gasteiger partial charge is 0.417 e. The lowest BCUT2D eigenvalue weighted by Crippen LogP contribution is -2.36. The summed E-state index contributed by atoms with van der Waals surface area (Å²) in [4.78, 5) is 3.69. The van der Waals surface area contributed by atoms with E-state index in [2.05, 4.69) is 10.3 Å². The predicted molar refractivity (Wildman–Crippen MR) is 60.5 cm³/mol. The molecule has 0 aromatic carbocycles. The first-order valence-electron chi connectivity index (χ1n) is 4.99. The van der Waals surface area contributed by atoms with Crippen molar-refractivity contribution < 1.29 is 13.2 Å². The fraction of sp³-hybridized carbons (Fsp3) is 0.500. The zero-order valence-electron chi connectivity index (χ0n) is 8.56. The number of aromatic nitrogens is 1. The highest BCUT2D eigenvalue weighted by Crippen LogP contribution is 2.34. The molecule has 1 fully saturated rings. The van der Waals surface area contributed by atoms with Gasteiger partial charge in [-0.3, -0.25) is 0 Å². The Hall–Kier alpha value is -0.680. The quantitative estimate of drug-likeness (QED) is 0.833. The van der Waals surface area contributed by atoms with Crippen LogP contribution in [0, 0.1) is 0 Å². The van der Waals surface area contributed by atoms with Crippen LogP contribution in [0.3, 0.4) is 0 Å². The molecule has 0 spiro atoms. The summed E-state index contributed by atoms with van der Waals surface area (Å²) >= 11 is 11.5. The molecule has 2 rings (SSSR count). The molecule has 1 aliphatic carbocycles. The average Bonchev–Trinajstić information content (AvgIpc) is 2.16. The van der Waals surface area contributed by atoms with Gasteiger partial charge in [-0.15, -0.1) is 11.6 Å². The Morgan fingerprint density at radius 2 is 2.00 bits per heavy atom. The van der Waals surface area contributed by atoms with Gasteiger partial charge < -0.3 is 5.32 Å². The molecule has 1 N–H and O–H groups in total. The molecule has 0 radical (unpaired) electrons. The van der Waals surface area contributed by atoms with Crippen molar-refractivity contribution in [1.29, 1.82) is 0 Å². The number of rotatable bonds is 2. The summed E-state index contributed by atoms with van der Waals surface area (Å²) in [6.45, 7) is 0. The molecular weight excluding hydrogens is 276 g/mol. The monoisotopic (exact) mass is 284 g/mol. The zero-order chi connectivity index (χ0) is 12.6. The first kappa shape index (κ1) is 12.8. The molecule has 17 heavy (non-hydrogen) atoms. The molecule has 7 heteroatoms. The minimum Gasteiger partial charge on any atom is -0.366 e. The maximum absolute atomic E-state index is 12.4. The third kappa shape index (κ3) is 2.96. The Labute approximate surface area is 106 Å². The SMILES string of the molecule is FC(F)(F)c1cnc(NC2CC(Cl)C2)c(Cl)c1. The van der Waals surface area contributed by atoms with Gasteiger partial charge in [-0.05, 0) is 18.9 Å².